The van der Waals surface area contributed by atoms with Crippen LogP contribution in [0, 0.1) is 0 Å². The molecule has 1 aliphatic carbocycles. The van der Waals surface area contributed by atoms with Crippen LogP contribution < -0.4 is 0 Å². The Morgan fingerprint density at radius 1 is 1.21 bits per heavy atom. The number of likely N-dealkylation sites (N-methyl/N-ethyl adjacent to an activating group) is 2. The van der Waals surface area contributed by atoms with Crippen molar-refractivity contribution in [1.82, 2.24) is 9.80 Å². The zero-order valence-electron chi connectivity index (χ0n) is 17.0. The van der Waals surface area contributed by atoms with Gasteiger partial charge in [-0.15, -0.1) is 0 Å². The summed E-state index contributed by atoms with van der Waals surface area (Å²) in [6.45, 7) is 3.64. The van der Waals surface area contributed by atoms with E-state index in [0.29, 0.717) is 12.1 Å². The number of benzene rings is 2. The fourth-order valence-corrected chi connectivity index (χ4v) is 5.46. The van der Waals surface area contributed by atoms with E-state index in [9.17, 15) is 18.3 Å². The van der Waals surface area contributed by atoms with Gasteiger partial charge >= 0.3 is 6.18 Å². The highest BCUT2D eigenvalue weighted by Crippen LogP contribution is 2.47. The monoisotopic (exact) mass is 404 g/mol. The second-order valence-electron chi connectivity index (χ2n) is 8.82. The van der Waals surface area contributed by atoms with Gasteiger partial charge in [0.05, 0.1) is 5.56 Å². The Balaban J connectivity index is 1.68. The molecule has 2 aromatic carbocycles. The lowest BCUT2D eigenvalue weighted by atomic mass is 9.61. The molecule has 0 saturated carbocycles. The average molecular weight is 404 g/mol. The number of aromatic hydroxyl groups is 1. The van der Waals surface area contributed by atoms with Crippen LogP contribution in [-0.4, -0.2) is 47.6 Å². The third kappa shape index (κ3) is 3.53. The van der Waals surface area contributed by atoms with Crippen molar-refractivity contribution in [2.24, 2.45) is 0 Å². The first-order chi connectivity index (χ1) is 13.6. The van der Waals surface area contributed by atoms with Crippen LogP contribution in [0.25, 0.3) is 0 Å². The van der Waals surface area contributed by atoms with E-state index in [-0.39, 0.29) is 23.2 Å². The summed E-state index contributed by atoms with van der Waals surface area (Å²) in [5, 5.41) is 10.1. The molecule has 2 aliphatic rings. The molecule has 3 atom stereocenters. The van der Waals surface area contributed by atoms with Crippen LogP contribution in [0.1, 0.15) is 35.6 Å². The van der Waals surface area contributed by atoms with Gasteiger partial charge in [-0.25, -0.2) is 0 Å². The number of rotatable bonds is 3. The fourth-order valence-electron chi connectivity index (χ4n) is 5.46. The molecule has 156 valence electrons. The van der Waals surface area contributed by atoms with Crippen molar-refractivity contribution in [2.75, 3.05) is 20.6 Å². The number of hydrogen-bond acceptors (Lipinski definition) is 3. The summed E-state index contributed by atoms with van der Waals surface area (Å²) >= 11 is 0. The van der Waals surface area contributed by atoms with Crippen molar-refractivity contribution in [1.29, 1.82) is 0 Å². The molecule has 0 radical (unpaired) electrons. The first kappa shape index (κ1) is 20.2. The zero-order valence-corrected chi connectivity index (χ0v) is 17.0. The van der Waals surface area contributed by atoms with E-state index in [2.05, 4.69) is 23.8 Å². The smallest absolute Gasteiger partial charge is 0.416 e. The van der Waals surface area contributed by atoms with Crippen molar-refractivity contribution in [3.8, 4) is 5.75 Å². The number of hydrogen-bond donors (Lipinski definition) is 1. The highest BCUT2D eigenvalue weighted by Gasteiger charge is 2.51. The third-order valence-corrected chi connectivity index (χ3v) is 6.87. The van der Waals surface area contributed by atoms with E-state index in [4.69, 9.17) is 0 Å². The zero-order chi connectivity index (χ0) is 21.0. The largest absolute Gasteiger partial charge is 0.508 e. The van der Waals surface area contributed by atoms with Crippen molar-refractivity contribution < 1.29 is 18.3 Å². The van der Waals surface area contributed by atoms with Crippen LogP contribution in [0.3, 0.4) is 0 Å². The van der Waals surface area contributed by atoms with Gasteiger partial charge in [-0.05, 0) is 68.4 Å². The average Bonchev–Trinajstić information content (AvgIpc) is 2.65. The summed E-state index contributed by atoms with van der Waals surface area (Å²) in [4.78, 5) is 4.56. The Morgan fingerprint density at radius 3 is 2.69 bits per heavy atom. The topological polar surface area (TPSA) is 26.7 Å². The summed E-state index contributed by atoms with van der Waals surface area (Å²) in [7, 11) is 4.13. The molecule has 0 spiro atoms. The minimum Gasteiger partial charge on any atom is -0.508 e. The van der Waals surface area contributed by atoms with Gasteiger partial charge in [0, 0.05) is 24.0 Å². The normalized spacial score (nSPS) is 27.1. The molecule has 0 unspecified atom stereocenters. The summed E-state index contributed by atoms with van der Waals surface area (Å²) in [6, 6.07) is 11.7. The van der Waals surface area contributed by atoms with Gasteiger partial charge in [-0.1, -0.05) is 31.2 Å². The SMILES string of the molecule is CN1CC[C@@]2(C)c3cc(O)ccc3C[C@@H]1[C@@H]2N(C)Cc1cccc(C(F)(F)F)c1. The van der Waals surface area contributed by atoms with E-state index in [1.165, 1.54) is 23.3 Å². The van der Waals surface area contributed by atoms with E-state index in [0.717, 1.165) is 25.5 Å². The van der Waals surface area contributed by atoms with Gasteiger partial charge in [0.2, 0.25) is 0 Å². The summed E-state index contributed by atoms with van der Waals surface area (Å²) in [6.07, 6.45) is -2.52. The molecule has 1 N–H and O–H groups in total. The van der Waals surface area contributed by atoms with Crippen LogP contribution in [-0.2, 0) is 24.6 Å². The standard InChI is InChI=1S/C23H27F3N2O/c1-22-9-10-27(2)20(12-16-7-8-18(29)13-19(16)22)21(22)28(3)14-15-5-4-6-17(11-15)23(24,25)26/h4-8,11,13,20-21,29H,9-10,12,14H2,1-3H3/t20-,21+,22+/m1/s1. The van der Waals surface area contributed by atoms with Crippen LogP contribution in [0.4, 0.5) is 13.2 Å². The minimum atomic E-state index is -4.33. The van der Waals surface area contributed by atoms with E-state index < -0.39 is 11.7 Å². The van der Waals surface area contributed by atoms with Crippen LogP contribution in [0.5, 0.6) is 5.75 Å². The molecule has 6 heteroatoms. The molecular weight excluding hydrogens is 377 g/mol. The van der Waals surface area contributed by atoms with Crippen molar-refractivity contribution in [2.45, 2.75) is 50.0 Å². The first-order valence-corrected chi connectivity index (χ1v) is 9.98. The van der Waals surface area contributed by atoms with E-state index >= 15 is 0 Å². The molecule has 0 amide bonds. The highest BCUT2D eigenvalue weighted by molar-refractivity contribution is 5.45. The molecule has 2 bridgehead atoms. The van der Waals surface area contributed by atoms with Crippen LogP contribution in [0.2, 0.25) is 0 Å². The van der Waals surface area contributed by atoms with Gasteiger partial charge in [-0.2, -0.15) is 13.2 Å². The molecule has 1 saturated heterocycles. The lowest BCUT2D eigenvalue weighted by Gasteiger charge is -2.57. The molecule has 4 rings (SSSR count). The highest BCUT2D eigenvalue weighted by atomic mass is 19.4. The lowest BCUT2D eigenvalue weighted by Crippen LogP contribution is -2.66. The van der Waals surface area contributed by atoms with Gasteiger partial charge in [0.1, 0.15) is 5.75 Å². The van der Waals surface area contributed by atoms with E-state index in [1.807, 2.05) is 19.2 Å². The van der Waals surface area contributed by atoms with Gasteiger partial charge < -0.3 is 10.0 Å². The van der Waals surface area contributed by atoms with Crippen molar-refractivity contribution in [3.05, 3.63) is 64.7 Å². The van der Waals surface area contributed by atoms with Gasteiger partial charge in [0.15, 0.2) is 0 Å². The Labute approximate surface area is 169 Å². The molecule has 1 heterocycles. The number of phenols is 1. The Kier molecular flexibility index (Phi) is 4.90. The molecule has 3 nitrogen and oxygen atoms in total. The number of piperidine rings is 1. The fraction of sp³-hybridized carbons (Fsp3) is 0.478. The predicted molar refractivity (Wildman–Crippen MR) is 107 cm³/mol. The molecule has 1 aliphatic heterocycles. The number of nitrogens with zero attached hydrogens (tertiary/aromatic N) is 2. The number of likely N-dealkylation sites (tertiary alicyclic amines) is 1. The second kappa shape index (κ2) is 7.03. The number of alkyl halides is 3. The number of fused-ring (bicyclic) bond motifs is 4. The van der Waals surface area contributed by atoms with Gasteiger partial charge in [-0.3, -0.25) is 4.90 Å². The van der Waals surface area contributed by atoms with Crippen LogP contribution in [0.15, 0.2) is 42.5 Å². The molecule has 29 heavy (non-hydrogen) atoms. The number of phenolic OH excluding ortho intramolecular Hbond substituents is 1. The first-order valence-electron chi connectivity index (χ1n) is 9.98. The van der Waals surface area contributed by atoms with Crippen molar-refractivity contribution >= 4 is 0 Å². The maximum atomic E-state index is 13.1. The van der Waals surface area contributed by atoms with Gasteiger partial charge in [0.25, 0.3) is 0 Å². The molecule has 0 aromatic heterocycles. The third-order valence-electron chi connectivity index (χ3n) is 6.87. The maximum Gasteiger partial charge on any atom is 0.416 e. The quantitative estimate of drug-likeness (QED) is 0.820. The Hall–Kier alpha value is -2.05. The maximum absolute atomic E-state index is 13.1. The lowest BCUT2D eigenvalue weighted by molar-refractivity contribution is -0.137. The molecular formula is C23H27F3N2O. The van der Waals surface area contributed by atoms with Crippen LogP contribution >= 0.6 is 0 Å². The molecule has 1 fully saturated rings. The Bertz CT molecular complexity index is 913. The Morgan fingerprint density at radius 2 is 1.97 bits per heavy atom. The van der Waals surface area contributed by atoms with E-state index in [1.54, 1.807) is 12.1 Å². The van der Waals surface area contributed by atoms with Crippen molar-refractivity contribution in [3.63, 3.8) is 0 Å². The predicted octanol–water partition coefficient (Wildman–Crippen LogP) is 4.43. The molecule has 2 aromatic rings. The summed E-state index contributed by atoms with van der Waals surface area (Å²) in [5.74, 6) is 0.265. The summed E-state index contributed by atoms with van der Waals surface area (Å²) < 4.78 is 39.4. The summed E-state index contributed by atoms with van der Waals surface area (Å²) in [5.41, 5.74) is 2.31. The second-order valence-corrected chi connectivity index (χ2v) is 8.82. The number of halogens is 3. The minimum absolute atomic E-state index is 0.144.